The van der Waals surface area contributed by atoms with Gasteiger partial charge < -0.3 is 14.4 Å². The highest BCUT2D eigenvalue weighted by molar-refractivity contribution is 6.21. The molecule has 0 bridgehead atoms. The van der Waals surface area contributed by atoms with Crippen molar-refractivity contribution in [1.29, 1.82) is 0 Å². The van der Waals surface area contributed by atoms with Crippen molar-refractivity contribution in [2.45, 2.75) is 46.3 Å². The van der Waals surface area contributed by atoms with E-state index in [-0.39, 0.29) is 11.6 Å². The molecule has 0 spiro atoms. The minimum atomic E-state index is -0.267. The van der Waals surface area contributed by atoms with Crippen molar-refractivity contribution < 1.29 is 9.57 Å². The summed E-state index contributed by atoms with van der Waals surface area (Å²) >= 11 is 0. The number of benzene rings is 3. The molecule has 1 aliphatic heterocycles. The van der Waals surface area contributed by atoms with Crippen molar-refractivity contribution >= 4 is 13.8 Å². The summed E-state index contributed by atoms with van der Waals surface area (Å²) in [6, 6.07) is 21.1. The van der Waals surface area contributed by atoms with E-state index >= 15 is 0 Å². The van der Waals surface area contributed by atoms with Crippen molar-refractivity contribution in [3.8, 4) is 16.9 Å². The fraction of sp³-hybridized carbons (Fsp3) is 0.296. The molecule has 5 heteroatoms. The number of methoxy groups -OCH3 is 1. The summed E-state index contributed by atoms with van der Waals surface area (Å²) in [6.07, 6.45) is -0.267. The fourth-order valence-electron chi connectivity index (χ4n) is 4.24. The Morgan fingerprint density at radius 2 is 1.53 bits per heavy atom. The van der Waals surface area contributed by atoms with Gasteiger partial charge in [-0.3, -0.25) is 0 Å². The van der Waals surface area contributed by atoms with Crippen LogP contribution in [-0.4, -0.2) is 25.7 Å². The number of hydrogen-bond acceptors (Lipinski definition) is 4. The highest BCUT2D eigenvalue weighted by Crippen LogP contribution is 2.41. The second-order valence-electron chi connectivity index (χ2n) is 9.51. The maximum absolute atomic E-state index is 6.02. The second-order valence-corrected chi connectivity index (χ2v) is 9.51. The first-order valence-corrected chi connectivity index (χ1v) is 11.0. The van der Waals surface area contributed by atoms with Gasteiger partial charge in [-0.25, -0.2) is 0 Å². The lowest BCUT2D eigenvalue weighted by Gasteiger charge is -2.27. The molecular weight excluding hydrogens is 395 g/mol. The average molecular weight is 426 g/mol. The maximum Gasteiger partial charge on any atom is 0.224 e. The molecule has 32 heavy (non-hydrogen) atoms. The van der Waals surface area contributed by atoms with Crippen molar-refractivity contribution in [2.24, 2.45) is 5.16 Å². The van der Waals surface area contributed by atoms with E-state index in [0.717, 1.165) is 33.8 Å². The molecule has 4 nitrogen and oxygen atoms in total. The molecule has 4 rings (SSSR count). The minimum Gasteiger partial charge on any atom is -0.495 e. The summed E-state index contributed by atoms with van der Waals surface area (Å²) in [4.78, 5) is 8.04. The van der Waals surface area contributed by atoms with Gasteiger partial charge in [0.15, 0.2) is 5.84 Å². The molecule has 0 saturated carbocycles. The van der Waals surface area contributed by atoms with E-state index in [1.165, 1.54) is 16.7 Å². The van der Waals surface area contributed by atoms with Crippen LogP contribution in [0.15, 0.2) is 65.8 Å². The van der Waals surface area contributed by atoms with Gasteiger partial charge in [-0.2, -0.15) is 0 Å². The van der Waals surface area contributed by atoms with E-state index in [1.807, 2.05) is 20.1 Å². The van der Waals surface area contributed by atoms with E-state index < -0.39 is 0 Å². The molecule has 164 valence electrons. The van der Waals surface area contributed by atoms with Crippen LogP contribution in [0.4, 0.5) is 0 Å². The molecule has 3 aromatic carbocycles. The van der Waals surface area contributed by atoms with Gasteiger partial charge in [0.25, 0.3) is 0 Å². The van der Waals surface area contributed by atoms with Gasteiger partial charge in [-0.1, -0.05) is 74.5 Å². The predicted octanol–water partition coefficient (Wildman–Crippen LogP) is 5.52. The first kappa shape index (κ1) is 22.0. The Morgan fingerprint density at radius 3 is 2.16 bits per heavy atom. The predicted molar refractivity (Wildman–Crippen MR) is 134 cm³/mol. The number of hydrogen-bond donors (Lipinski definition) is 0. The van der Waals surface area contributed by atoms with Gasteiger partial charge in [-0.15, -0.1) is 0 Å². The zero-order chi connectivity index (χ0) is 23.0. The van der Waals surface area contributed by atoms with Crippen LogP contribution in [0.2, 0.25) is 0 Å². The third kappa shape index (κ3) is 3.88. The van der Waals surface area contributed by atoms with Crippen molar-refractivity contribution in [1.82, 2.24) is 4.81 Å². The molecule has 0 aliphatic carbocycles. The van der Waals surface area contributed by atoms with Gasteiger partial charge in [0.05, 0.1) is 12.7 Å². The summed E-state index contributed by atoms with van der Waals surface area (Å²) in [5, 5.41) is 4.54. The van der Waals surface area contributed by atoms with Crippen molar-refractivity contribution in [3.63, 3.8) is 0 Å². The topological polar surface area (TPSA) is 34.1 Å². The summed E-state index contributed by atoms with van der Waals surface area (Å²) < 4.78 is 6.02. The molecule has 1 atom stereocenters. The van der Waals surface area contributed by atoms with Crippen LogP contribution in [0.25, 0.3) is 11.1 Å². The van der Waals surface area contributed by atoms with E-state index in [4.69, 9.17) is 9.57 Å². The number of aryl methyl sites for hydroxylation is 2. The second kappa shape index (κ2) is 8.38. The Kier molecular flexibility index (Phi) is 5.76. The number of nitrogens with zero attached hydrogens (tertiary/aromatic N) is 2. The largest absolute Gasteiger partial charge is 0.495 e. The normalized spacial score (nSPS) is 16.0. The Balaban J connectivity index is 1.88. The lowest BCUT2D eigenvalue weighted by atomic mass is 9.83. The third-order valence-electron chi connectivity index (χ3n) is 6.21. The molecule has 0 N–H and O–H groups in total. The highest BCUT2D eigenvalue weighted by atomic mass is 16.7. The van der Waals surface area contributed by atoms with Gasteiger partial charge in [0.1, 0.15) is 5.75 Å². The van der Waals surface area contributed by atoms with E-state index in [0.29, 0.717) is 0 Å². The minimum absolute atomic E-state index is 0.0352. The van der Waals surface area contributed by atoms with Crippen LogP contribution in [-0.2, 0) is 10.3 Å². The van der Waals surface area contributed by atoms with Gasteiger partial charge >= 0.3 is 0 Å². The standard InChI is InChI=1S/C27H31BN2O2/c1-17-11-7-9-13-20(17)22-15-19(27(3,4)5)16-23(24(22)31-6)25-29-32-26(30(25)28)21-14-10-8-12-18(21)2/h7-16,26H,28H2,1-6H3. The first-order valence-electron chi connectivity index (χ1n) is 11.0. The third-order valence-corrected chi connectivity index (χ3v) is 6.21. The van der Waals surface area contributed by atoms with E-state index in [9.17, 15) is 0 Å². The number of amidine groups is 1. The molecule has 1 heterocycles. The van der Waals surface area contributed by atoms with Crippen LogP contribution >= 0.6 is 0 Å². The number of ether oxygens (including phenoxy) is 1. The van der Waals surface area contributed by atoms with Crippen molar-refractivity contribution in [2.75, 3.05) is 7.11 Å². The quantitative estimate of drug-likeness (QED) is 0.516. The molecular formula is C27H31BN2O2. The molecule has 0 fully saturated rings. The summed E-state index contributed by atoms with van der Waals surface area (Å²) in [5.74, 6) is 1.59. The van der Waals surface area contributed by atoms with Crippen LogP contribution in [0.1, 0.15) is 54.8 Å². The maximum atomic E-state index is 6.02. The Hall–Kier alpha value is -3.21. The van der Waals surface area contributed by atoms with Gasteiger partial charge in [-0.05, 0) is 53.6 Å². The molecule has 1 aliphatic rings. The average Bonchev–Trinajstić information content (AvgIpc) is 3.13. The lowest BCUT2D eigenvalue weighted by molar-refractivity contribution is 0.0390. The van der Waals surface area contributed by atoms with Crippen molar-refractivity contribution in [3.05, 3.63) is 88.5 Å². The first-order chi connectivity index (χ1) is 15.2. The fourth-order valence-corrected chi connectivity index (χ4v) is 4.24. The zero-order valence-electron chi connectivity index (χ0n) is 20.1. The smallest absolute Gasteiger partial charge is 0.224 e. The van der Waals surface area contributed by atoms with Crippen LogP contribution < -0.4 is 4.74 Å². The molecule has 3 aromatic rings. The molecule has 0 radical (unpaired) electrons. The van der Waals surface area contributed by atoms with Crippen LogP contribution in [0.5, 0.6) is 5.75 Å². The summed E-state index contributed by atoms with van der Waals surface area (Å²) in [5.41, 5.74) is 7.86. The Labute approximate surface area is 192 Å². The van der Waals surface area contributed by atoms with Gasteiger partial charge in [0, 0.05) is 11.1 Å². The van der Waals surface area contributed by atoms with Crippen LogP contribution in [0.3, 0.4) is 0 Å². The zero-order valence-corrected chi connectivity index (χ0v) is 20.1. The monoisotopic (exact) mass is 426 g/mol. The summed E-state index contributed by atoms with van der Waals surface area (Å²) in [6.45, 7) is 10.9. The van der Waals surface area contributed by atoms with E-state index in [1.54, 1.807) is 7.11 Å². The highest BCUT2D eigenvalue weighted by Gasteiger charge is 2.33. The molecule has 1 unspecified atom stereocenters. The van der Waals surface area contributed by atoms with Gasteiger partial charge in [0.2, 0.25) is 14.2 Å². The molecule has 0 aromatic heterocycles. The Morgan fingerprint density at radius 1 is 0.906 bits per heavy atom. The van der Waals surface area contributed by atoms with Crippen LogP contribution in [0, 0.1) is 13.8 Å². The van der Waals surface area contributed by atoms with E-state index in [2.05, 4.69) is 93.1 Å². The molecule has 0 amide bonds. The molecule has 0 saturated heterocycles. The SMILES string of the molecule is BN1C(c2cc(C(C)(C)C)cc(-c3ccccc3C)c2OC)=NOC1c1ccccc1C. The Bertz CT molecular complexity index is 1180. The summed E-state index contributed by atoms with van der Waals surface area (Å²) in [7, 11) is 3.76. The number of oxime groups is 1. The lowest BCUT2D eigenvalue weighted by Crippen LogP contribution is -2.29. The number of rotatable bonds is 4.